The van der Waals surface area contributed by atoms with Crippen molar-refractivity contribution in [3.05, 3.63) is 46.2 Å². The number of anilines is 1. The lowest BCUT2D eigenvalue weighted by molar-refractivity contribution is 0.0379. The number of hydrogen-bond acceptors (Lipinski definition) is 8. The molecule has 0 saturated heterocycles. The van der Waals surface area contributed by atoms with Gasteiger partial charge in [-0.05, 0) is 45.4 Å². The van der Waals surface area contributed by atoms with Crippen molar-refractivity contribution >= 4 is 34.2 Å². The van der Waals surface area contributed by atoms with Gasteiger partial charge in [0.15, 0.2) is 11.5 Å². The summed E-state index contributed by atoms with van der Waals surface area (Å²) in [6.07, 6.45) is 1.14. The number of nitrogens with zero attached hydrogens (tertiary/aromatic N) is 1. The summed E-state index contributed by atoms with van der Waals surface area (Å²) >= 11 is 0.953. The van der Waals surface area contributed by atoms with Gasteiger partial charge < -0.3 is 19.2 Å². The Bertz CT molecular complexity index is 1060. The van der Waals surface area contributed by atoms with E-state index in [9.17, 15) is 14.4 Å². The first-order chi connectivity index (χ1) is 14.3. The predicted octanol–water partition coefficient (Wildman–Crippen LogP) is 4.03. The number of carbonyl (C=O) groups excluding carboxylic acids is 3. The monoisotopic (exact) mass is 431 g/mol. The zero-order valence-corrected chi connectivity index (χ0v) is 17.7. The Morgan fingerprint density at radius 3 is 2.70 bits per heavy atom. The Kier molecular flexibility index (Phi) is 6.36. The van der Waals surface area contributed by atoms with E-state index in [2.05, 4.69) is 15.5 Å². The lowest BCUT2D eigenvalue weighted by atomic mass is 10.1. The average molecular weight is 431 g/mol. The fourth-order valence-electron chi connectivity index (χ4n) is 2.67. The van der Waals surface area contributed by atoms with Crippen LogP contribution in [0.15, 0.2) is 28.9 Å². The molecule has 3 rings (SSSR count). The molecule has 2 N–H and O–H groups in total. The summed E-state index contributed by atoms with van der Waals surface area (Å²) < 4.78 is 15.6. The number of ether oxygens (including phenoxy) is 2. The Morgan fingerprint density at radius 1 is 1.30 bits per heavy atom. The Balaban J connectivity index is 1.91. The predicted molar refractivity (Wildman–Crippen MR) is 110 cm³/mol. The van der Waals surface area contributed by atoms with Crippen LogP contribution in [-0.4, -0.2) is 40.8 Å². The minimum Gasteiger partial charge on any atom is -0.463 e. The number of amides is 1. The van der Waals surface area contributed by atoms with Crippen LogP contribution in [0.25, 0.3) is 11.5 Å². The topological polar surface area (TPSA) is 124 Å². The summed E-state index contributed by atoms with van der Waals surface area (Å²) in [4.78, 5) is 37.8. The zero-order chi connectivity index (χ0) is 21.8. The highest BCUT2D eigenvalue weighted by atomic mass is 32.1. The number of hydrogen-bond donors (Lipinski definition) is 2. The molecular weight excluding hydrogens is 410 g/mol. The van der Waals surface area contributed by atoms with E-state index in [-0.39, 0.29) is 33.8 Å². The summed E-state index contributed by atoms with van der Waals surface area (Å²) in [7, 11) is 0. The number of aromatic nitrogens is 2. The first-order valence-corrected chi connectivity index (χ1v) is 10.1. The largest absolute Gasteiger partial charge is 0.463 e. The summed E-state index contributed by atoms with van der Waals surface area (Å²) in [5.41, 5.74) is 1.12. The van der Waals surface area contributed by atoms with Gasteiger partial charge in [0.2, 0.25) is 0 Å². The van der Waals surface area contributed by atoms with Crippen LogP contribution < -0.4 is 5.32 Å². The second-order valence-corrected chi connectivity index (χ2v) is 7.55. The number of furan rings is 1. The van der Waals surface area contributed by atoms with E-state index in [0.717, 1.165) is 11.3 Å². The fraction of sp³-hybridized carbons (Fsp3) is 0.300. The van der Waals surface area contributed by atoms with Crippen molar-refractivity contribution < 1.29 is 28.3 Å². The van der Waals surface area contributed by atoms with Crippen LogP contribution in [0.4, 0.5) is 5.00 Å². The third-order valence-corrected chi connectivity index (χ3v) is 5.17. The van der Waals surface area contributed by atoms with Crippen LogP contribution in [0.1, 0.15) is 56.9 Å². The lowest BCUT2D eigenvalue weighted by Crippen LogP contribution is -2.17. The molecule has 0 aromatic carbocycles. The molecule has 3 aromatic rings. The van der Waals surface area contributed by atoms with Crippen LogP contribution in [0, 0.1) is 6.92 Å². The lowest BCUT2D eigenvalue weighted by Gasteiger charge is -2.10. The van der Waals surface area contributed by atoms with Crippen molar-refractivity contribution in [2.75, 3.05) is 11.9 Å². The van der Waals surface area contributed by atoms with E-state index in [1.54, 1.807) is 39.8 Å². The van der Waals surface area contributed by atoms with Gasteiger partial charge in [0.05, 0.1) is 24.5 Å². The van der Waals surface area contributed by atoms with Gasteiger partial charge in [-0.15, -0.1) is 11.3 Å². The van der Waals surface area contributed by atoms with Crippen molar-refractivity contribution in [1.82, 2.24) is 10.2 Å². The van der Waals surface area contributed by atoms with Crippen molar-refractivity contribution in [2.24, 2.45) is 0 Å². The first-order valence-electron chi connectivity index (χ1n) is 9.23. The molecule has 0 radical (unpaired) electrons. The molecule has 0 unspecified atom stereocenters. The SMILES string of the molecule is CCOC(=O)c1sc(NC(=O)c2cc(-c3ccco3)[nH]n2)c(C(=O)OC(C)C)c1C. The number of carbonyl (C=O) groups is 3. The minimum atomic E-state index is -0.636. The summed E-state index contributed by atoms with van der Waals surface area (Å²) in [6, 6.07) is 4.96. The zero-order valence-electron chi connectivity index (χ0n) is 16.9. The van der Waals surface area contributed by atoms with E-state index < -0.39 is 17.8 Å². The second-order valence-electron chi connectivity index (χ2n) is 6.53. The third kappa shape index (κ3) is 4.43. The van der Waals surface area contributed by atoms with Crippen LogP contribution in [0.3, 0.4) is 0 Å². The van der Waals surface area contributed by atoms with E-state index in [1.165, 1.54) is 12.3 Å². The number of nitrogens with one attached hydrogen (secondary N) is 2. The number of rotatable bonds is 7. The maximum atomic E-state index is 12.7. The van der Waals surface area contributed by atoms with E-state index >= 15 is 0 Å². The first kappa shape index (κ1) is 21.3. The van der Waals surface area contributed by atoms with Crippen molar-refractivity contribution in [2.45, 2.75) is 33.8 Å². The van der Waals surface area contributed by atoms with Crippen LogP contribution in [0.5, 0.6) is 0 Å². The van der Waals surface area contributed by atoms with E-state index in [0.29, 0.717) is 17.0 Å². The number of H-pyrrole nitrogens is 1. The average Bonchev–Trinajstić information content (AvgIpc) is 3.41. The Hall–Kier alpha value is -3.40. The van der Waals surface area contributed by atoms with Gasteiger partial charge in [0.25, 0.3) is 5.91 Å². The van der Waals surface area contributed by atoms with Crippen molar-refractivity contribution in [3.63, 3.8) is 0 Å². The molecule has 0 aliphatic rings. The molecule has 30 heavy (non-hydrogen) atoms. The molecule has 0 fully saturated rings. The molecule has 3 heterocycles. The summed E-state index contributed by atoms with van der Waals surface area (Å²) in [5.74, 6) is -1.24. The van der Waals surface area contributed by atoms with Gasteiger partial charge in [-0.25, -0.2) is 9.59 Å². The molecule has 1 amide bonds. The van der Waals surface area contributed by atoms with Crippen LogP contribution >= 0.6 is 11.3 Å². The highest BCUT2D eigenvalue weighted by Gasteiger charge is 2.28. The Labute approximate surface area is 176 Å². The fourth-order valence-corrected chi connectivity index (χ4v) is 3.76. The van der Waals surface area contributed by atoms with Gasteiger partial charge in [-0.3, -0.25) is 9.89 Å². The van der Waals surface area contributed by atoms with Gasteiger partial charge in [0, 0.05) is 6.07 Å². The van der Waals surface area contributed by atoms with Crippen molar-refractivity contribution in [3.8, 4) is 11.5 Å². The highest BCUT2D eigenvalue weighted by molar-refractivity contribution is 7.18. The molecule has 0 aliphatic carbocycles. The molecule has 10 heteroatoms. The maximum absolute atomic E-state index is 12.7. The Morgan fingerprint density at radius 2 is 2.07 bits per heavy atom. The van der Waals surface area contributed by atoms with Gasteiger partial charge in [0.1, 0.15) is 15.6 Å². The van der Waals surface area contributed by atoms with Crippen LogP contribution in [0.2, 0.25) is 0 Å². The standard InChI is InChI=1S/C20H21N3O6S/c1-5-27-20(26)16-11(4)15(19(25)29-10(2)3)18(30-16)21-17(24)13-9-12(22-23-13)14-7-6-8-28-14/h6-10H,5H2,1-4H3,(H,21,24)(H,22,23). The van der Waals surface area contributed by atoms with Gasteiger partial charge in [-0.2, -0.15) is 5.10 Å². The smallest absolute Gasteiger partial charge is 0.348 e. The number of aromatic amines is 1. The molecule has 0 bridgehead atoms. The summed E-state index contributed by atoms with van der Waals surface area (Å²) in [6.45, 7) is 6.91. The van der Waals surface area contributed by atoms with E-state index in [1.807, 2.05) is 0 Å². The minimum absolute atomic E-state index is 0.0910. The third-order valence-electron chi connectivity index (χ3n) is 3.98. The highest BCUT2D eigenvalue weighted by Crippen LogP contribution is 2.35. The van der Waals surface area contributed by atoms with Crippen molar-refractivity contribution in [1.29, 1.82) is 0 Å². The van der Waals surface area contributed by atoms with Crippen LogP contribution in [-0.2, 0) is 9.47 Å². The molecule has 0 aliphatic heterocycles. The number of esters is 2. The normalized spacial score (nSPS) is 10.8. The molecule has 0 atom stereocenters. The maximum Gasteiger partial charge on any atom is 0.348 e. The van der Waals surface area contributed by atoms with E-state index in [4.69, 9.17) is 13.9 Å². The molecule has 0 spiro atoms. The van der Waals surface area contributed by atoms with Gasteiger partial charge in [-0.1, -0.05) is 0 Å². The molecule has 158 valence electrons. The number of thiophene rings is 1. The molecule has 9 nitrogen and oxygen atoms in total. The molecular formula is C20H21N3O6S. The van der Waals surface area contributed by atoms with Gasteiger partial charge >= 0.3 is 11.9 Å². The molecule has 3 aromatic heterocycles. The summed E-state index contributed by atoms with van der Waals surface area (Å²) in [5, 5.41) is 9.55. The quantitative estimate of drug-likeness (QED) is 0.541. The molecule has 0 saturated carbocycles. The second kappa shape index (κ2) is 8.95.